The van der Waals surface area contributed by atoms with Crippen molar-refractivity contribution >= 4 is 23.6 Å². The SMILES string of the molecule is O=C(NCCNC(=O)C(F)(F)F)C(Cc1ccccc1)N1C(=O)c2ccccc2C1=O. The van der Waals surface area contributed by atoms with Crippen LogP contribution in [0, 0.1) is 0 Å². The van der Waals surface area contributed by atoms with Crippen LogP contribution in [0.1, 0.15) is 26.3 Å². The fourth-order valence-corrected chi connectivity index (χ4v) is 3.21. The first-order valence-electron chi connectivity index (χ1n) is 9.33. The second kappa shape index (κ2) is 8.99. The van der Waals surface area contributed by atoms with E-state index < -0.39 is 42.4 Å². The summed E-state index contributed by atoms with van der Waals surface area (Å²) in [4.78, 5) is 50.2. The number of amides is 4. The molecule has 1 heterocycles. The lowest BCUT2D eigenvalue weighted by Gasteiger charge is -2.25. The summed E-state index contributed by atoms with van der Waals surface area (Å²) in [6.07, 6.45) is -5.01. The fraction of sp³-hybridized carbons (Fsp3) is 0.238. The van der Waals surface area contributed by atoms with Gasteiger partial charge in [-0.2, -0.15) is 13.2 Å². The zero-order chi connectivity index (χ0) is 22.6. The standard InChI is InChI=1S/C21H18F3N3O4/c22-21(23,24)20(31)26-11-10-25-17(28)16(12-13-6-2-1-3-7-13)27-18(29)14-8-4-5-9-15(14)19(27)30/h1-9,16H,10-12H2,(H,25,28)(H,26,31). The molecule has 2 N–H and O–H groups in total. The number of halogens is 3. The van der Waals surface area contributed by atoms with E-state index in [4.69, 9.17) is 0 Å². The Morgan fingerprint density at radius 1 is 0.839 bits per heavy atom. The number of nitrogens with zero attached hydrogens (tertiary/aromatic N) is 1. The van der Waals surface area contributed by atoms with E-state index in [1.807, 2.05) is 0 Å². The minimum atomic E-state index is -5.03. The van der Waals surface area contributed by atoms with Crippen molar-refractivity contribution < 1.29 is 32.3 Å². The van der Waals surface area contributed by atoms with Crippen molar-refractivity contribution in [2.75, 3.05) is 13.1 Å². The van der Waals surface area contributed by atoms with Crippen LogP contribution in [0.4, 0.5) is 13.2 Å². The number of rotatable bonds is 7. The molecule has 2 aromatic carbocycles. The number of carbonyl (C=O) groups excluding carboxylic acids is 4. The quantitative estimate of drug-likeness (QED) is 0.513. The lowest BCUT2D eigenvalue weighted by Crippen LogP contribution is -2.52. The van der Waals surface area contributed by atoms with Gasteiger partial charge >= 0.3 is 12.1 Å². The van der Waals surface area contributed by atoms with Crippen LogP contribution in [-0.4, -0.2) is 53.8 Å². The summed E-state index contributed by atoms with van der Waals surface area (Å²) in [5.74, 6) is -4.09. The first kappa shape index (κ1) is 22.0. The lowest BCUT2D eigenvalue weighted by molar-refractivity contribution is -0.173. The van der Waals surface area contributed by atoms with Gasteiger partial charge in [-0.15, -0.1) is 0 Å². The van der Waals surface area contributed by atoms with Crippen molar-refractivity contribution in [3.63, 3.8) is 0 Å². The normalized spacial score (nSPS) is 14.2. The topological polar surface area (TPSA) is 95.6 Å². The van der Waals surface area contributed by atoms with Gasteiger partial charge in [0.15, 0.2) is 0 Å². The summed E-state index contributed by atoms with van der Waals surface area (Å²) in [6.45, 7) is -0.778. The minimum Gasteiger partial charge on any atom is -0.353 e. The van der Waals surface area contributed by atoms with Crippen molar-refractivity contribution in [2.45, 2.75) is 18.6 Å². The molecule has 0 aromatic heterocycles. The van der Waals surface area contributed by atoms with Crippen molar-refractivity contribution in [1.82, 2.24) is 15.5 Å². The summed E-state index contributed by atoms with van der Waals surface area (Å²) < 4.78 is 36.7. The van der Waals surface area contributed by atoms with Crippen LogP contribution in [0.25, 0.3) is 0 Å². The van der Waals surface area contributed by atoms with Gasteiger partial charge in [-0.3, -0.25) is 24.1 Å². The van der Waals surface area contributed by atoms with Crippen LogP contribution < -0.4 is 10.6 Å². The molecule has 0 fully saturated rings. The molecular formula is C21H18F3N3O4. The van der Waals surface area contributed by atoms with E-state index in [-0.39, 0.29) is 24.1 Å². The number of imide groups is 1. The second-order valence-corrected chi connectivity index (χ2v) is 6.78. The van der Waals surface area contributed by atoms with E-state index in [0.29, 0.717) is 5.56 Å². The molecule has 31 heavy (non-hydrogen) atoms. The Labute approximate surface area is 175 Å². The van der Waals surface area contributed by atoms with Gasteiger partial charge in [-0.25, -0.2) is 0 Å². The molecule has 0 bridgehead atoms. The molecule has 1 aliphatic rings. The fourth-order valence-electron chi connectivity index (χ4n) is 3.21. The van der Waals surface area contributed by atoms with Crippen molar-refractivity contribution in [1.29, 1.82) is 0 Å². The van der Waals surface area contributed by atoms with Crippen molar-refractivity contribution in [3.8, 4) is 0 Å². The first-order chi connectivity index (χ1) is 14.7. The molecule has 0 aliphatic carbocycles. The predicted molar refractivity (Wildman–Crippen MR) is 103 cm³/mol. The van der Waals surface area contributed by atoms with Gasteiger partial charge in [0.1, 0.15) is 6.04 Å². The van der Waals surface area contributed by atoms with Crippen LogP contribution in [0.3, 0.4) is 0 Å². The number of benzene rings is 2. The molecular weight excluding hydrogens is 415 g/mol. The summed E-state index contributed by atoms with van der Waals surface area (Å²) in [5.41, 5.74) is 1.04. The number of hydrogen-bond acceptors (Lipinski definition) is 4. The molecule has 0 spiro atoms. The van der Waals surface area contributed by atoms with Crippen LogP contribution in [-0.2, 0) is 16.0 Å². The third-order valence-electron chi connectivity index (χ3n) is 4.68. The van der Waals surface area contributed by atoms with Crippen molar-refractivity contribution in [2.24, 2.45) is 0 Å². The molecule has 10 heteroatoms. The third kappa shape index (κ3) is 4.90. The molecule has 1 unspecified atom stereocenters. The van der Waals surface area contributed by atoms with Gasteiger partial charge in [0.05, 0.1) is 11.1 Å². The van der Waals surface area contributed by atoms with Gasteiger partial charge in [0.25, 0.3) is 11.8 Å². The Balaban J connectivity index is 1.75. The summed E-state index contributed by atoms with van der Waals surface area (Å²) >= 11 is 0. The van der Waals surface area contributed by atoms with Gasteiger partial charge < -0.3 is 10.6 Å². The molecule has 2 aromatic rings. The van der Waals surface area contributed by atoms with Gasteiger partial charge in [-0.05, 0) is 17.7 Å². The lowest BCUT2D eigenvalue weighted by atomic mass is 10.0. The summed E-state index contributed by atoms with van der Waals surface area (Å²) in [5, 5.41) is 4.03. The molecule has 0 saturated heterocycles. The predicted octanol–water partition coefficient (Wildman–Crippen LogP) is 1.69. The maximum Gasteiger partial charge on any atom is 0.471 e. The zero-order valence-electron chi connectivity index (χ0n) is 16.1. The Morgan fingerprint density at radius 3 is 1.90 bits per heavy atom. The molecule has 1 aliphatic heterocycles. The molecule has 162 valence electrons. The minimum absolute atomic E-state index is 0.0209. The van der Waals surface area contributed by atoms with Crippen molar-refractivity contribution in [3.05, 3.63) is 71.3 Å². The van der Waals surface area contributed by atoms with Gasteiger partial charge in [0, 0.05) is 19.5 Å². The Hall–Kier alpha value is -3.69. The average Bonchev–Trinajstić information content (AvgIpc) is 3.00. The van der Waals surface area contributed by atoms with Crippen LogP contribution in [0.2, 0.25) is 0 Å². The molecule has 3 rings (SSSR count). The molecule has 4 amide bonds. The molecule has 1 atom stereocenters. The number of carbonyl (C=O) groups is 4. The monoisotopic (exact) mass is 433 g/mol. The number of fused-ring (bicyclic) bond motifs is 1. The van der Waals surface area contributed by atoms with Crippen LogP contribution >= 0.6 is 0 Å². The van der Waals surface area contributed by atoms with E-state index in [2.05, 4.69) is 5.32 Å². The Kier molecular flexibility index (Phi) is 6.38. The smallest absolute Gasteiger partial charge is 0.353 e. The molecule has 0 radical (unpaired) electrons. The highest BCUT2D eigenvalue weighted by Crippen LogP contribution is 2.26. The molecule has 0 saturated carbocycles. The average molecular weight is 433 g/mol. The first-order valence-corrected chi connectivity index (χ1v) is 9.33. The van der Waals surface area contributed by atoms with Crippen LogP contribution in [0.5, 0.6) is 0 Å². The number of hydrogen-bond donors (Lipinski definition) is 2. The van der Waals surface area contributed by atoms with E-state index in [0.717, 1.165) is 4.90 Å². The van der Waals surface area contributed by atoms with Gasteiger partial charge in [0.2, 0.25) is 5.91 Å². The summed E-state index contributed by atoms with van der Waals surface area (Å²) in [7, 11) is 0. The number of alkyl halides is 3. The number of nitrogens with one attached hydrogen (secondary N) is 2. The van der Waals surface area contributed by atoms with Crippen LogP contribution in [0.15, 0.2) is 54.6 Å². The molecule has 7 nitrogen and oxygen atoms in total. The largest absolute Gasteiger partial charge is 0.471 e. The third-order valence-corrected chi connectivity index (χ3v) is 4.68. The van der Waals surface area contributed by atoms with E-state index in [1.165, 1.54) is 12.1 Å². The highest BCUT2D eigenvalue weighted by atomic mass is 19.4. The Bertz CT molecular complexity index is 973. The maximum atomic E-state index is 12.8. The highest BCUT2D eigenvalue weighted by molar-refractivity contribution is 6.22. The highest BCUT2D eigenvalue weighted by Gasteiger charge is 2.42. The van der Waals surface area contributed by atoms with E-state index >= 15 is 0 Å². The second-order valence-electron chi connectivity index (χ2n) is 6.78. The summed E-state index contributed by atoms with van der Waals surface area (Å²) in [6, 6.07) is 13.6. The van der Waals surface area contributed by atoms with E-state index in [9.17, 15) is 32.3 Å². The Morgan fingerprint density at radius 2 is 1.35 bits per heavy atom. The van der Waals surface area contributed by atoms with Gasteiger partial charge in [-0.1, -0.05) is 42.5 Å². The maximum absolute atomic E-state index is 12.8. The van der Waals surface area contributed by atoms with E-state index in [1.54, 1.807) is 47.8 Å². The zero-order valence-corrected chi connectivity index (χ0v) is 16.1.